The van der Waals surface area contributed by atoms with Gasteiger partial charge >= 0.3 is 0 Å². The number of hydrogen-bond acceptors (Lipinski definition) is 1. The van der Waals surface area contributed by atoms with E-state index in [1.54, 1.807) is 0 Å². The molecule has 1 aliphatic rings. The van der Waals surface area contributed by atoms with Crippen LogP contribution in [0.4, 0.5) is 8.78 Å². The highest BCUT2D eigenvalue weighted by atomic mass is 19.1. The molecule has 0 saturated heterocycles. The highest BCUT2D eigenvalue weighted by molar-refractivity contribution is 5.22. The van der Waals surface area contributed by atoms with Crippen molar-refractivity contribution >= 4 is 0 Å². The Hall–Kier alpha value is -0.960. The summed E-state index contributed by atoms with van der Waals surface area (Å²) in [7, 11) is 0. The van der Waals surface area contributed by atoms with E-state index >= 15 is 0 Å². The zero-order chi connectivity index (χ0) is 11.6. The molecule has 0 spiro atoms. The van der Waals surface area contributed by atoms with Crippen LogP contribution in [0.1, 0.15) is 43.8 Å². The Labute approximate surface area is 94.7 Å². The molecule has 1 aliphatic carbocycles. The Kier molecular flexibility index (Phi) is 3.24. The average molecular weight is 225 g/mol. The molecular weight excluding hydrogens is 208 g/mol. The first-order valence-electron chi connectivity index (χ1n) is 5.80. The van der Waals surface area contributed by atoms with Crippen LogP contribution in [0.2, 0.25) is 0 Å². The molecule has 0 radical (unpaired) electrons. The Morgan fingerprint density at radius 2 is 1.62 bits per heavy atom. The standard InChI is InChI=1S/C13H17F2N/c14-11-6-4-10(5-7-11)12(15)13(16)8-2-1-3-9-13/h4-7,12H,1-3,8-9,16H2. The summed E-state index contributed by atoms with van der Waals surface area (Å²) in [5.41, 5.74) is 5.84. The molecule has 1 aromatic rings. The van der Waals surface area contributed by atoms with Crippen LogP contribution >= 0.6 is 0 Å². The highest BCUT2D eigenvalue weighted by Gasteiger charge is 2.37. The molecule has 1 saturated carbocycles. The highest BCUT2D eigenvalue weighted by Crippen LogP contribution is 2.38. The molecule has 3 heteroatoms. The van der Waals surface area contributed by atoms with Crippen molar-refractivity contribution in [3.8, 4) is 0 Å². The molecule has 88 valence electrons. The van der Waals surface area contributed by atoms with E-state index in [9.17, 15) is 8.78 Å². The molecule has 1 nitrogen and oxygen atoms in total. The Balaban J connectivity index is 2.16. The molecule has 16 heavy (non-hydrogen) atoms. The number of halogens is 2. The maximum Gasteiger partial charge on any atom is 0.143 e. The molecule has 0 heterocycles. The summed E-state index contributed by atoms with van der Waals surface area (Å²) in [4.78, 5) is 0. The van der Waals surface area contributed by atoms with E-state index in [0.717, 1.165) is 19.3 Å². The van der Waals surface area contributed by atoms with Crippen LogP contribution in [-0.2, 0) is 0 Å². The predicted molar refractivity (Wildman–Crippen MR) is 60.3 cm³/mol. The van der Waals surface area contributed by atoms with Gasteiger partial charge in [0.15, 0.2) is 0 Å². The largest absolute Gasteiger partial charge is 0.322 e. The lowest BCUT2D eigenvalue weighted by Gasteiger charge is -2.36. The van der Waals surface area contributed by atoms with Crippen LogP contribution in [0.3, 0.4) is 0 Å². The van der Waals surface area contributed by atoms with Gasteiger partial charge < -0.3 is 5.73 Å². The van der Waals surface area contributed by atoms with Gasteiger partial charge in [-0.3, -0.25) is 0 Å². The van der Waals surface area contributed by atoms with Gasteiger partial charge in [0.1, 0.15) is 12.0 Å². The van der Waals surface area contributed by atoms with Gasteiger partial charge in [0.2, 0.25) is 0 Å². The van der Waals surface area contributed by atoms with Crippen LogP contribution in [0.5, 0.6) is 0 Å². The fourth-order valence-corrected chi connectivity index (χ4v) is 2.43. The fraction of sp³-hybridized carbons (Fsp3) is 0.538. The van der Waals surface area contributed by atoms with Crippen molar-refractivity contribution in [3.63, 3.8) is 0 Å². The van der Waals surface area contributed by atoms with Crippen molar-refractivity contribution in [2.45, 2.75) is 43.8 Å². The molecule has 1 atom stereocenters. The van der Waals surface area contributed by atoms with E-state index in [1.807, 2.05) is 0 Å². The zero-order valence-electron chi connectivity index (χ0n) is 9.26. The topological polar surface area (TPSA) is 26.0 Å². The van der Waals surface area contributed by atoms with E-state index < -0.39 is 11.7 Å². The van der Waals surface area contributed by atoms with Gasteiger partial charge in [-0.2, -0.15) is 0 Å². The molecule has 0 aromatic heterocycles. The second-order valence-corrected chi connectivity index (χ2v) is 4.71. The molecule has 0 aliphatic heterocycles. The quantitative estimate of drug-likeness (QED) is 0.819. The van der Waals surface area contributed by atoms with Gasteiger partial charge in [-0.05, 0) is 30.5 Å². The summed E-state index contributed by atoms with van der Waals surface area (Å²) in [6, 6.07) is 5.55. The summed E-state index contributed by atoms with van der Waals surface area (Å²) in [6.07, 6.45) is 3.34. The number of nitrogens with two attached hydrogens (primary N) is 1. The number of benzene rings is 1. The van der Waals surface area contributed by atoms with Gasteiger partial charge in [0.25, 0.3) is 0 Å². The Morgan fingerprint density at radius 1 is 1.06 bits per heavy atom. The zero-order valence-corrected chi connectivity index (χ0v) is 9.26. The summed E-state index contributed by atoms with van der Waals surface area (Å²) < 4.78 is 27.0. The van der Waals surface area contributed by atoms with Gasteiger partial charge in [-0.25, -0.2) is 8.78 Å². The third-order valence-electron chi connectivity index (χ3n) is 3.45. The van der Waals surface area contributed by atoms with E-state index in [2.05, 4.69) is 0 Å². The summed E-state index contributed by atoms with van der Waals surface area (Å²) in [5.74, 6) is -0.342. The second kappa shape index (κ2) is 4.50. The summed E-state index contributed by atoms with van der Waals surface area (Å²) in [6.45, 7) is 0. The summed E-state index contributed by atoms with van der Waals surface area (Å²) >= 11 is 0. The van der Waals surface area contributed by atoms with Crippen LogP contribution in [-0.4, -0.2) is 5.54 Å². The lowest BCUT2D eigenvalue weighted by molar-refractivity contribution is 0.143. The third-order valence-corrected chi connectivity index (χ3v) is 3.45. The number of hydrogen-bond donors (Lipinski definition) is 1. The molecule has 2 rings (SSSR count). The van der Waals surface area contributed by atoms with Gasteiger partial charge in [0, 0.05) is 0 Å². The minimum Gasteiger partial charge on any atom is -0.322 e. The SMILES string of the molecule is NC1(C(F)c2ccc(F)cc2)CCCCC1. The van der Waals surface area contributed by atoms with Crippen molar-refractivity contribution in [2.24, 2.45) is 5.73 Å². The normalized spacial score (nSPS) is 21.7. The maximum atomic E-state index is 14.3. The monoisotopic (exact) mass is 225 g/mol. The molecular formula is C13H17F2N. The Bertz CT molecular complexity index is 341. The van der Waals surface area contributed by atoms with Crippen molar-refractivity contribution in [2.75, 3.05) is 0 Å². The minimum absolute atomic E-state index is 0.342. The van der Waals surface area contributed by atoms with Crippen molar-refractivity contribution in [3.05, 3.63) is 35.6 Å². The number of rotatable bonds is 2. The van der Waals surface area contributed by atoms with Crippen molar-refractivity contribution in [1.82, 2.24) is 0 Å². The summed E-state index contributed by atoms with van der Waals surface area (Å²) in [5, 5.41) is 0. The maximum absolute atomic E-state index is 14.3. The first-order chi connectivity index (χ1) is 7.62. The molecule has 0 bridgehead atoms. The minimum atomic E-state index is -1.19. The smallest absolute Gasteiger partial charge is 0.143 e. The first-order valence-corrected chi connectivity index (χ1v) is 5.80. The van der Waals surface area contributed by atoms with Crippen LogP contribution in [0.15, 0.2) is 24.3 Å². The van der Waals surface area contributed by atoms with Crippen molar-refractivity contribution in [1.29, 1.82) is 0 Å². The Morgan fingerprint density at radius 3 is 2.19 bits per heavy atom. The fourth-order valence-electron chi connectivity index (χ4n) is 2.43. The van der Waals surface area contributed by atoms with Crippen molar-refractivity contribution < 1.29 is 8.78 Å². The van der Waals surface area contributed by atoms with E-state index in [0.29, 0.717) is 18.4 Å². The van der Waals surface area contributed by atoms with Crippen LogP contribution in [0.25, 0.3) is 0 Å². The first kappa shape index (κ1) is 11.5. The lowest BCUT2D eigenvalue weighted by Crippen LogP contribution is -2.45. The van der Waals surface area contributed by atoms with Gasteiger partial charge in [-0.1, -0.05) is 31.4 Å². The molecule has 1 aromatic carbocycles. The average Bonchev–Trinajstić information content (AvgIpc) is 2.30. The molecule has 0 amide bonds. The second-order valence-electron chi connectivity index (χ2n) is 4.71. The molecule has 2 N–H and O–H groups in total. The van der Waals surface area contributed by atoms with Gasteiger partial charge in [0.05, 0.1) is 5.54 Å². The van der Waals surface area contributed by atoms with Crippen LogP contribution in [0, 0.1) is 5.82 Å². The van der Waals surface area contributed by atoms with Crippen LogP contribution < -0.4 is 5.73 Å². The lowest BCUT2D eigenvalue weighted by atomic mass is 9.77. The van der Waals surface area contributed by atoms with E-state index in [4.69, 9.17) is 5.73 Å². The van der Waals surface area contributed by atoms with E-state index in [-0.39, 0.29) is 5.82 Å². The van der Waals surface area contributed by atoms with Gasteiger partial charge in [-0.15, -0.1) is 0 Å². The number of alkyl halides is 1. The molecule has 1 fully saturated rings. The molecule has 1 unspecified atom stereocenters. The third kappa shape index (κ3) is 2.24. The van der Waals surface area contributed by atoms with E-state index in [1.165, 1.54) is 24.3 Å². The predicted octanol–water partition coefficient (Wildman–Crippen LogP) is 3.50.